The van der Waals surface area contributed by atoms with Crippen molar-refractivity contribution < 1.29 is 0 Å². The summed E-state index contributed by atoms with van der Waals surface area (Å²) in [5.74, 6) is 0. The molecule has 1 aromatic rings. The molecule has 1 heteroatoms. The van der Waals surface area contributed by atoms with Gasteiger partial charge in [-0.15, -0.1) is 0 Å². The molecule has 0 saturated heterocycles. The molecule has 1 aromatic carbocycles. The van der Waals surface area contributed by atoms with Crippen LogP contribution in [0.15, 0.2) is 12.1 Å². The van der Waals surface area contributed by atoms with Crippen molar-refractivity contribution in [3.8, 4) is 0 Å². The third-order valence-corrected chi connectivity index (χ3v) is 4.69. The van der Waals surface area contributed by atoms with Crippen LogP contribution in [0.3, 0.4) is 0 Å². The summed E-state index contributed by atoms with van der Waals surface area (Å²) in [7, 11) is -0.377. The molecule has 0 aliphatic carbocycles. The summed E-state index contributed by atoms with van der Waals surface area (Å²) >= 11 is 0. The summed E-state index contributed by atoms with van der Waals surface area (Å²) in [6.45, 7) is 16.2. The summed E-state index contributed by atoms with van der Waals surface area (Å²) in [5.41, 5.74) is 4.77. The predicted octanol–water partition coefficient (Wildman–Crippen LogP) is 3.56. The van der Waals surface area contributed by atoms with Crippen LogP contribution in [0.2, 0.25) is 13.1 Å². The number of hydrogen-bond acceptors (Lipinski definition) is 0. The summed E-state index contributed by atoms with van der Waals surface area (Å²) in [5, 5.41) is 1.65. The Bertz CT molecular complexity index is 356. The molecule has 0 heterocycles. The van der Waals surface area contributed by atoms with Crippen LogP contribution in [0.1, 0.15) is 37.5 Å². The van der Waals surface area contributed by atoms with Crippen LogP contribution in [0.4, 0.5) is 0 Å². The molecule has 0 spiro atoms. The van der Waals surface area contributed by atoms with Crippen molar-refractivity contribution in [3.05, 3.63) is 28.8 Å². The highest BCUT2D eigenvalue weighted by Crippen LogP contribution is 2.23. The van der Waals surface area contributed by atoms with Gasteiger partial charge in [0.25, 0.3) is 0 Å². The number of aryl methyl sites for hydroxylation is 1. The number of rotatable bonds is 1. The van der Waals surface area contributed by atoms with Gasteiger partial charge in [0.15, 0.2) is 0 Å². The summed E-state index contributed by atoms with van der Waals surface area (Å²) in [6, 6.07) is 4.60. The smallest absolute Gasteiger partial charge is 0.0671 e. The molecule has 0 bridgehead atoms. The van der Waals surface area contributed by atoms with Crippen LogP contribution >= 0.6 is 0 Å². The number of benzene rings is 1. The fourth-order valence-corrected chi connectivity index (χ4v) is 4.03. The molecule has 0 aliphatic rings. The molecule has 0 unspecified atom stereocenters. The Morgan fingerprint density at radius 2 is 1.53 bits per heavy atom. The SMILES string of the molecule is Cc1ccc(C(C)(C)C)c([Si](C)C)c1C. The lowest BCUT2D eigenvalue weighted by molar-refractivity contribution is 0.593. The van der Waals surface area contributed by atoms with Crippen LogP contribution in [-0.2, 0) is 5.41 Å². The van der Waals surface area contributed by atoms with Crippen LogP contribution in [0.25, 0.3) is 0 Å². The van der Waals surface area contributed by atoms with Gasteiger partial charge in [0, 0.05) is 0 Å². The van der Waals surface area contributed by atoms with Crippen molar-refractivity contribution in [3.63, 3.8) is 0 Å². The normalized spacial score (nSPS) is 12.3. The van der Waals surface area contributed by atoms with Crippen LogP contribution in [0, 0.1) is 13.8 Å². The largest absolute Gasteiger partial charge is 0.0799 e. The van der Waals surface area contributed by atoms with E-state index in [4.69, 9.17) is 0 Å². The van der Waals surface area contributed by atoms with Gasteiger partial charge in [-0.3, -0.25) is 0 Å². The number of hydrogen-bond donors (Lipinski definition) is 0. The van der Waals surface area contributed by atoms with Gasteiger partial charge in [0.1, 0.15) is 0 Å². The molecule has 0 aromatic heterocycles. The van der Waals surface area contributed by atoms with E-state index in [-0.39, 0.29) is 14.2 Å². The molecular formula is C14H23Si. The Morgan fingerprint density at radius 1 is 1.00 bits per heavy atom. The minimum absolute atomic E-state index is 0.274. The van der Waals surface area contributed by atoms with Gasteiger partial charge in [0.2, 0.25) is 0 Å². The molecule has 0 atom stereocenters. The molecule has 1 radical (unpaired) electrons. The average molecular weight is 219 g/mol. The lowest BCUT2D eigenvalue weighted by Crippen LogP contribution is -2.35. The van der Waals surface area contributed by atoms with Gasteiger partial charge in [-0.05, 0) is 36.0 Å². The minimum Gasteiger partial charge on any atom is -0.0671 e. The second kappa shape index (κ2) is 4.13. The van der Waals surface area contributed by atoms with Gasteiger partial charge in [-0.2, -0.15) is 0 Å². The highest BCUT2D eigenvalue weighted by Gasteiger charge is 2.21. The van der Waals surface area contributed by atoms with E-state index in [1.807, 2.05) is 0 Å². The second-order valence-corrected chi connectivity index (χ2v) is 8.18. The molecule has 0 nitrogen and oxygen atoms in total. The molecule has 0 aliphatic heterocycles. The van der Waals surface area contributed by atoms with E-state index in [1.165, 1.54) is 11.1 Å². The van der Waals surface area contributed by atoms with Gasteiger partial charge >= 0.3 is 0 Å². The van der Waals surface area contributed by atoms with E-state index < -0.39 is 0 Å². The zero-order valence-corrected chi connectivity index (χ0v) is 12.2. The highest BCUT2D eigenvalue weighted by atomic mass is 28.3. The van der Waals surface area contributed by atoms with E-state index in [2.05, 4.69) is 59.8 Å². The second-order valence-electron chi connectivity index (χ2n) is 5.68. The van der Waals surface area contributed by atoms with Crippen LogP contribution in [-0.4, -0.2) is 8.80 Å². The van der Waals surface area contributed by atoms with Crippen molar-refractivity contribution in [2.24, 2.45) is 0 Å². The predicted molar refractivity (Wildman–Crippen MR) is 71.7 cm³/mol. The standard InChI is InChI=1S/C14H23Si/c1-10-8-9-12(14(3,4)5)13(11(10)2)15(6)7/h8-9H,1-7H3. The van der Waals surface area contributed by atoms with Crippen molar-refractivity contribution in [1.82, 2.24) is 0 Å². The maximum absolute atomic E-state index is 2.39. The zero-order valence-electron chi connectivity index (χ0n) is 11.2. The van der Waals surface area contributed by atoms with Gasteiger partial charge in [0.05, 0.1) is 8.80 Å². The first-order valence-electron chi connectivity index (χ1n) is 5.66. The molecular weight excluding hydrogens is 196 g/mol. The third kappa shape index (κ3) is 2.51. The lowest BCUT2D eigenvalue weighted by atomic mass is 9.85. The first-order valence-corrected chi connectivity index (χ1v) is 8.16. The summed E-state index contributed by atoms with van der Waals surface area (Å²) in [6.07, 6.45) is 0. The van der Waals surface area contributed by atoms with E-state index >= 15 is 0 Å². The topological polar surface area (TPSA) is 0 Å². The van der Waals surface area contributed by atoms with Crippen LogP contribution < -0.4 is 5.19 Å². The summed E-state index contributed by atoms with van der Waals surface area (Å²) in [4.78, 5) is 0. The van der Waals surface area contributed by atoms with Gasteiger partial charge in [-0.1, -0.05) is 51.2 Å². The maximum Gasteiger partial charge on any atom is 0.0799 e. The molecule has 15 heavy (non-hydrogen) atoms. The van der Waals surface area contributed by atoms with Gasteiger partial charge in [-0.25, -0.2) is 0 Å². The van der Waals surface area contributed by atoms with E-state index in [9.17, 15) is 0 Å². The molecule has 0 amide bonds. The molecule has 0 fully saturated rings. The Kier molecular flexibility index (Phi) is 3.44. The first-order chi connectivity index (χ1) is 6.75. The average Bonchev–Trinajstić information content (AvgIpc) is 2.06. The third-order valence-electron chi connectivity index (χ3n) is 3.04. The molecule has 0 saturated carbocycles. The molecule has 1 rings (SSSR count). The minimum atomic E-state index is -0.377. The van der Waals surface area contributed by atoms with E-state index in [1.54, 1.807) is 10.8 Å². The Labute approximate surface area is 96.3 Å². The van der Waals surface area contributed by atoms with E-state index in [0.717, 1.165) is 0 Å². The zero-order chi connectivity index (χ0) is 11.8. The fourth-order valence-electron chi connectivity index (χ4n) is 2.09. The molecule has 83 valence electrons. The first kappa shape index (κ1) is 12.5. The Balaban J connectivity index is 3.47. The van der Waals surface area contributed by atoms with Crippen molar-refractivity contribution in [1.29, 1.82) is 0 Å². The van der Waals surface area contributed by atoms with Crippen molar-refractivity contribution in [2.45, 2.75) is 53.1 Å². The van der Waals surface area contributed by atoms with Crippen molar-refractivity contribution >= 4 is 14.0 Å². The highest BCUT2D eigenvalue weighted by molar-refractivity contribution is 6.71. The van der Waals surface area contributed by atoms with Crippen LogP contribution in [0.5, 0.6) is 0 Å². The quantitative estimate of drug-likeness (QED) is 0.634. The lowest BCUT2D eigenvalue weighted by Gasteiger charge is -2.27. The Morgan fingerprint density at radius 3 is 1.93 bits per heavy atom. The fraction of sp³-hybridized carbons (Fsp3) is 0.571. The Hall–Kier alpha value is -0.563. The van der Waals surface area contributed by atoms with E-state index in [0.29, 0.717) is 0 Å². The monoisotopic (exact) mass is 219 g/mol. The van der Waals surface area contributed by atoms with Gasteiger partial charge < -0.3 is 0 Å². The summed E-state index contributed by atoms with van der Waals surface area (Å²) < 4.78 is 0. The molecule has 0 N–H and O–H groups in total. The van der Waals surface area contributed by atoms with Crippen molar-refractivity contribution in [2.75, 3.05) is 0 Å². The maximum atomic E-state index is 2.39.